The van der Waals surface area contributed by atoms with Crippen LogP contribution in [0.2, 0.25) is 0 Å². The maximum atomic E-state index is 14.6. The summed E-state index contributed by atoms with van der Waals surface area (Å²) in [5, 5.41) is 15.2. The number of anilines is 2. The molecule has 0 radical (unpaired) electrons. The number of halogens is 3. The highest BCUT2D eigenvalue weighted by Gasteiger charge is 2.24. The van der Waals surface area contributed by atoms with Crippen molar-refractivity contribution >= 4 is 51.0 Å². The summed E-state index contributed by atoms with van der Waals surface area (Å²) in [5.74, 6) is -2.89. The molecule has 0 spiro atoms. The minimum atomic E-state index is -1.46. The Morgan fingerprint density at radius 1 is 1.35 bits per heavy atom. The Labute approximate surface area is 141 Å². The third-order valence-corrected chi connectivity index (χ3v) is 3.78. The van der Waals surface area contributed by atoms with Gasteiger partial charge in [0.25, 0.3) is 0 Å². The fraction of sp³-hybridized carbons (Fsp3) is 0.0714. The van der Waals surface area contributed by atoms with Crippen molar-refractivity contribution in [3.63, 3.8) is 0 Å². The summed E-state index contributed by atoms with van der Waals surface area (Å²) in [5.41, 5.74) is -1.35. The Morgan fingerprint density at radius 3 is 2.74 bits per heavy atom. The van der Waals surface area contributed by atoms with Gasteiger partial charge in [0.15, 0.2) is 22.8 Å². The lowest BCUT2D eigenvalue weighted by atomic mass is 10.2. The van der Waals surface area contributed by atoms with E-state index in [0.29, 0.717) is 3.57 Å². The molecule has 2 aromatic heterocycles. The average Bonchev–Trinajstić information content (AvgIpc) is 2.85. The van der Waals surface area contributed by atoms with E-state index in [1.165, 1.54) is 19.1 Å². The van der Waals surface area contributed by atoms with Crippen LogP contribution < -0.4 is 5.32 Å². The zero-order chi connectivity index (χ0) is 16.7. The Balaban J connectivity index is 2.21. The number of hydrogen-bond acceptors (Lipinski definition) is 5. The van der Waals surface area contributed by atoms with Gasteiger partial charge in [0.2, 0.25) is 0 Å². The molecule has 3 rings (SSSR count). The lowest BCUT2D eigenvalue weighted by Gasteiger charge is -2.11. The molecule has 0 aliphatic carbocycles. The van der Waals surface area contributed by atoms with Crippen LogP contribution in [-0.2, 0) is 0 Å². The van der Waals surface area contributed by atoms with Crippen LogP contribution in [0.1, 0.15) is 16.2 Å². The van der Waals surface area contributed by atoms with E-state index in [1.54, 1.807) is 6.07 Å². The van der Waals surface area contributed by atoms with Gasteiger partial charge in [-0.05, 0) is 47.7 Å². The number of aromatic nitrogens is 2. The first-order valence-electron chi connectivity index (χ1n) is 6.29. The summed E-state index contributed by atoms with van der Waals surface area (Å²) in [7, 11) is 0. The van der Waals surface area contributed by atoms with Crippen LogP contribution in [0.3, 0.4) is 0 Å². The van der Waals surface area contributed by atoms with E-state index in [2.05, 4.69) is 15.5 Å². The number of aromatic carboxylic acids is 1. The number of aryl methyl sites for hydroxylation is 1. The number of nitrogens with one attached hydrogen (secondary N) is 1. The molecule has 0 bridgehead atoms. The average molecular weight is 431 g/mol. The molecule has 0 saturated heterocycles. The summed E-state index contributed by atoms with van der Waals surface area (Å²) in [6.45, 7) is 1.49. The molecule has 0 fully saturated rings. The largest absolute Gasteiger partial charge is 0.476 e. The van der Waals surface area contributed by atoms with Crippen LogP contribution in [0.4, 0.5) is 20.2 Å². The summed E-state index contributed by atoms with van der Waals surface area (Å²) in [6.07, 6.45) is 0. The van der Waals surface area contributed by atoms with Gasteiger partial charge < -0.3 is 14.9 Å². The molecule has 0 aliphatic heterocycles. The van der Waals surface area contributed by atoms with Crippen molar-refractivity contribution in [2.75, 3.05) is 5.32 Å². The van der Waals surface area contributed by atoms with E-state index in [9.17, 15) is 18.7 Å². The standard InChI is InChI=1S/C14H8F2IN3O3/c1-5-10-12(20-23-5)9(16)11(13(19-10)14(21)22)18-8-3-2-6(17)4-7(8)15/h2-4,18H,1H3,(H,21,22). The molecule has 118 valence electrons. The minimum Gasteiger partial charge on any atom is -0.476 e. The summed E-state index contributed by atoms with van der Waals surface area (Å²) >= 11 is 1.92. The van der Waals surface area contributed by atoms with Crippen molar-refractivity contribution in [3.8, 4) is 0 Å². The molecule has 6 nitrogen and oxygen atoms in total. The SMILES string of the molecule is Cc1onc2c(F)c(Nc3ccc(I)cc3F)c(C(=O)O)nc12. The summed E-state index contributed by atoms with van der Waals surface area (Å²) < 4.78 is 34.0. The fourth-order valence-electron chi connectivity index (χ4n) is 2.03. The number of benzene rings is 1. The second-order valence-electron chi connectivity index (χ2n) is 4.64. The molecule has 2 heterocycles. The van der Waals surface area contributed by atoms with E-state index in [1.807, 2.05) is 22.6 Å². The van der Waals surface area contributed by atoms with Gasteiger partial charge in [-0.15, -0.1) is 0 Å². The van der Waals surface area contributed by atoms with E-state index in [4.69, 9.17) is 4.52 Å². The van der Waals surface area contributed by atoms with Gasteiger partial charge in [-0.3, -0.25) is 0 Å². The molecule has 0 unspecified atom stereocenters. The first-order chi connectivity index (χ1) is 10.9. The monoisotopic (exact) mass is 431 g/mol. The molecule has 0 aliphatic rings. The lowest BCUT2D eigenvalue weighted by Crippen LogP contribution is -2.09. The van der Waals surface area contributed by atoms with Gasteiger partial charge >= 0.3 is 5.97 Å². The highest BCUT2D eigenvalue weighted by atomic mass is 127. The van der Waals surface area contributed by atoms with E-state index in [-0.39, 0.29) is 22.5 Å². The van der Waals surface area contributed by atoms with Crippen molar-refractivity contribution in [1.82, 2.24) is 10.1 Å². The van der Waals surface area contributed by atoms with Gasteiger partial charge in [0.1, 0.15) is 17.0 Å². The maximum absolute atomic E-state index is 14.6. The van der Waals surface area contributed by atoms with Gasteiger partial charge in [0.05, 0.1) is 5.69 Å². The van der Waals surface area contributed by atoms with Crippen LogP contribution in [0.5, 0.6) is 0 Å². The number of carboxylic acid groups (broad SMARTS) is 1. The fourth-order valence-corrected chi connectivity index (χ4v) is 2.48. The molecule has 2 N–H and O–H groups in total. The smallest absolute Gasteiger partial charge is 0.356 e. The van der Waals surface area contributed by atoms with E-state index < -0.39 is 29.0 Å². The molecular weight excluding hydrogens is 423 g/mol. The molecule has 3 aromatic rings. The van der Waals surface area contributed by atoms with Crippen molar-refractivity contribution in [2.45, 2.75) is 6.92 Å². The van der Waals surface area contributed by atoms with E-state index in [0.717, 1.165) is 0 Å². The number of rotatable bonds is 3. The normalized spacial score (nSPS) is 11.0. The van der Waals surface area contributed by atoms with Crippen LogP contribution in [0.15, 0.2) is 22.7 Å². The van der Waals surface area contributed by atoms with Crippen molar-refractivity contribution in [2.24, 2.45) is 0 Å². The first-order valence-corrected chi connectivity index (χ1v) is 7.37. The van der Waals surface area contributed by atoms with Gasteiger partial charge in [-0.1, -0.05) is 5.16 Å². The Kier molecular flexibility index (Phi) is 3.88. The number of fused-ring (bicyclic) bond motifs is 1. The second-order valence-corrected chi connectivity index (χ2v) is 5.89. The van der Waals surface area contributed by atoms with Crippen LogP contribution >= 0.6 is 22.6 Å². The predicted octanol–water partition coefficient (Wildman–Crippen LogP) is 3.86. The molecular formula is C14H8F2IN3O3. The van der Waals surface area contributed by atoms with Crippen LogP contribution in [0.25, 0.3) is 11.0 Å². The minimum absolute atomic E-state index is 0.00790. The maximum Gasteiger partial charge on any atom is 0.356 e. The lowest BCUT2D eigenvalue weighted by molar-refractivity contribution is 0.0691. The number of hydrogen-bond donors (Lipinski definition) is 2. The Hall–Kier alpha value is -2.30. The molecule has 9 heteroatoms. The number of pyridine rings is 1. The molecule has 23 heavy (non-hydrogen) atoms. The highest BCUT2D eigenvalue weighted by Crippen LogP contribution is 2.31. The quantitative estimate of drug-likeness (QED) is 0.613. The number of carbonyl (C=O) groups is 1. The number of carboxylic acids is 1. The molecule has 0 saturated carbocycles. The van der Waals surface area contributed by atoms with Crippen LogP contribution in [-0.4, -0.2) is 21.2 Å². The van der Waals surface area contributed by atoms with E-state index >= 15 is 0 Å². The first kappa shape index (κ1) is 15.6. The molecule has 1 aromatic carbocycles. The van der Waals surface area contributed by atoms with Crippen molar-refractivity contribution in [3.05, 3.63) is 44.9 Å². The van der Waals surface area contributed by atoms with Gasteiger partial charge in [-0.25, -0.2) is 18.6 Å². The van der Waals surface area contributed by atoms with Gasteiger partial charge in [-0.2, -0.15) is 0 Å². The second kappa shape index (κ2) is 5.72. The number of nitrogens with zero attached hydrogens (tertiary/aromatic N) is 2. The van der Waals surface area contributed by atoms with Gasteiger partial charge in [0, 0.05) is 3.57 Å². The van der Waals surface area contributed by atoms with Crippen molar-refractivity contribution in [1.29, 1.82) is 0 Å². The summed E-state index contributed by atoms with van der Waals surface area (Å²) in [4.78, 5) is 15.2. The zero-order valence-corrected chi connectivity index (χ0v) is 13.7. The van der Waals surface area contributed by atoms with Crippen molar-refractivity contribution < 1.29 is 23.2 Å². The summed E-state index contributed by atoms with van der Waals surface area (Å²) in [6, 6.07) is 4.20. The third kappa shape index (κ3) is 2.71. The highest BCUT2D eigenvalue weighted by molar-refractivity contribution is 14.1. The Morgan fingerprint density at radius 2 is 2.09 bits per heavy atom. The predicted molar refractivity (Wildman–Crippen MR) is 85.9 cm³/mol. The third-order valence-electron chi connectivity index (χ3n) is 3.11. The zero-order valence-electron chi connectivity index (χ0n) is 11.5. The Bertz CT molecular complexity index is 943. The topological polar surface area (TPSA) is 88.2 Å². The molecule has 0 amide bonds. The molecule has 0 atom stereocenters. The van der Waals surface area contributed by atoms with Crippen LogP contribution in [0, 0.1) is 22.1 Å².